The zero-order valence-corrected chi connectivity index (χ0v) is 20.1. The summed E-state index contributed by atoms with van der Waals surface area (Å²) in [6.45, 7) is 2.15. The van der Waals surface area contributed by atoms with Gasteiger partial charge in [-0.3, -0.25) is 14.2 Å². The average Bonchev–Trinajstić information content (AvgIpc) is 3.51. The van der Waals surface area contributed by atoms with Gasteiger partial charge in [-0.25, -0.2) is 14.3 Å². The predicted octanol–water partition coefficient (Wildman–Crippen LogP) is 1.88. The van der Waals surface area contributed by atoms with E-state index in [1.54, 1.807) is 44.6 Å². The summed E-state index contributed by atoms with van der Waals surface area (Å²) in [5, 5.41) is 20.9. The lowest BCUT2D eigenvalue weighted by atomic mass is 9.91. The van der Waals surface area contributed by atoms with Crippen molar-refractivity contribution in [1.29, 1.82) is 0 Å². The average molecular weight is 510 g/mol. The molecule has 2 aliphatic heterocycles. The third-order valence-electron chi connectivity index (χ3n) is 6.80. The van der Waals surface area contributed by atoms with Gasteiger partial charge in [0, 0.05) is 37.1 Å². The monoisotopic (exact) mass is 509 g/mol. The first-order valence-corrected chi connectivity index (χ1v) is 12.2. The van der Waals surface area contributed by atoms with Gasteiger partial charge in [-0.1, -0.05) is 11.6 Å². The maximum Gasteiger partial charge on any atom is 0.274 e. The number of likely N-dealkylation sites (tertiary alicyclic amines) is 1. The lowest BCUT2D eigenvalue weighted by molar-refractivity contribution is -0.0300. The Morgan fingerprint density at radius 1 is 1.17 bits per heavy atom. The number of amides is 1. The third-order valence-corrected chi connectivity index (χ3v) is 7.05. The SMILES string of the molecule is O=C(c1cc2n(n1)CCCO2)N1CCC(O)(Cn2cnc3c(cnn3-c3ccc(Cl)cc3)c2=O)CC1. The minimum Gasteiger partial charge on any atom is -0.478 e. The molecule has 0 unspecified atom stereocenters. The molecule has 0 aliphatic carbocycles. The van der Waals surface area contributed by atoms with Crippen molar-refractivity contribution in [2.24, 2.45) is 0 Å². The molecule has 0 bridgehead atoms. The minimum atomic E-state index is -1.14. The lowest BCUT2D eigenvalue weighted by Crippen LogP contribution is -2.49. The Morgan fingerprint density at radius 2 is 1.94 bits per heavy atom. The predicted molar refractivity (Wildman–Crippen MR) is 131 cm³/mol. The fourth-order valence-corrected chi connectivity index (χ4v) is 4.89. The van der Waals surface area contributed by atoms with Crippen LogP contribution < -0.4 is 10.3 Å². The Hall–Kier alpha value is -3.70. The molecule has 1 fully saturated rings. The summed E-state index contributed by atoms with van der Waals surface area (Å²) in [5.41, 5.74) is 0.0906. The smallest absolute Gasteiger partial charge is 0.274 e. The van der Waals surface area contributed by atoms with E-state index < -0.39 is 5.60 Å². The summed E-state index contributed by atoms with van der Waals surface area (Å²) in [4.78, 5) is 32.2. The highest BCUT2D eigenvalue weighted by Crippen LogP contribution is 2.26. The maximum absolute atomic E-state index is 13.1. The van der Waals surface area contributed by atoms with E-state index in [2.05, 4.69) is 15.2 Å². The number of aryl methyl sites for hydroxylation is 1. The second kappa shape index (κ2) is 8.75. The summed E-state index contributed by atoms with van der Waals surface area (Å²) >= 11 is 5.97. The van der Waals surface area contributed by atoms with E-state index in [9.17, 15) is 14.7 Å². The van der Waals surface area contributed by atoms with Gasteiger partial charge in [0.2, 0.25) is 5.88 Å². The van der Waals surface area contributed by atoms with Crippen molar-refractivity contribution in [1.82, 2.24) is 34.0 Å². The van der Waals surface area contributed by atoms with E-state index in [0.717, 1.165) is 18.7 Å². The van der Waals surface area contributed by atoms with E-state index in [1.165, 1.54) is 17.1 Å². The van der Waals surface area contributed by atoms with E-state index in [1.807, 2.05) is 0 Å². The second-order valence-corrected chi connectivity index (χ2v) is 9.69. The van der Waals surface area contributed by atoms with Crippen LogP contribution in [-0.4, -0.2) is 70.3 Å². The molecule has 1 N–H and O–H groups in total. The Labute approximate surface area is 210 Å². The second-order valence-electron chi connectivity index (χ2n) is 9.26. The summed E-state index contributed by atoms with van der Waals surface area (Å²) < 4.78 is 10.3. The molecule has 0 spiro atoms. The number of carbonyl (C=O) groups is 1. The quantitative estimate of drug-likeness (QED) is 0.446. The van der Waals surface area contributed by atoms with Crippen LogP contribution in [0.5, 0.6) is 5.88 Å². The van der Waals surface area contributed by atoms with Crippen LogP contribution in [0.25, 0.3) is 16.7 Å². The topological polar surface area (TPSA) is 120 Å². The van der Waals surface area contributed by atoms with Crippen LogP contribution in [0.1, 0.15) is 29.8 Å². The van der Waals surface area contributed by atoms with Crippen LogP contribution in [0.3, 0.4) is 0 Å². The molecule has 4 aromatic rings. The highest BCUT2D eigenvalue weighted by atomic mass is 35.5. The van der Waals surface area contributed by atoms with Crippen molar-refractivity contribution in [2.75, 3.05) is 19.7 Å². The van der Waals surface area contributed by atoms with Crippen LogP contribution in [-0.2, 0) is 13.1 Å². The maximum atomic E-state index is 13.1. The molecule has 1 amide bonds. The number of nitrogens with zero attached hydrogens (tertiary/aromatic N) is 7. The molecule has 0 atom stereocenters. The number of aromatic nitrogens is 6. The molecular formula is C24H24ClN7O4. The van der Waals surface area contributed by atoms with Crippen LogP contribution in [0.2, 0.25) is 5.02 Å². The first kappa shape index (κ1) is 22.7. The number of halogens is 1. The number of ether oxygens (including phenoxy) is 1. The molecule has 2 aliphatic rings. The molecular weight excluding hydrogens is 486 g/mol. The summed E-state index contributed by atoms with van der Waals surface area (Å²) in [5.74, 6) is 0.428. The van der Waals surface area contributed by atoms with Gasteiger partial charge in [-0.2, -0.15) is 10.2 Å². The van der Waals surface area contributed by atoms with Crippen molar-refractivity contribution in [3.05, 3.63) is 63.9 Å². The van der Waals surface area contributed by atoms with Crippen molar-refractivity contribution in [2.45, 2.75) is 38.0 Å². The molecule has 36 heavy (non-hydrogen) atoms. The fourth-order valence-electron chi connectivity index (χ4n) is 4.77. The van der Waals surface area contributed by atoms with Gasteiger partial charge in [-0.05, 0) is 37.1 Å². The molecule has 1 saturated heterocycles. The van der Waals surface area contributed by atoms with Gasteiger partial charge in [-0.15, -0.1) is 0 Å². The van der Waals surface area contributed by atoms with Crippen molar-refractivity contribution < 1.29 is 14.6 Å². The Kier molecular flexibility index (Phi) is 5.53. The first-order chi connectivity index (χ1) is 17.4. The van der Waals surface area contributed by atoms with Crippen LogP contribution in [0.4, 0.5) is 0 Å². The molecule has 0 radical (unpaired) electrons. The first-order valence-electron chi connectivity index (χ1n) is 11.8. The normalized spacial score (nSPS) is 17.1. The number of aliphatic hydroxyl groups is 1. The number of hydrogen-bond acceptors (Lipinski definition) is 7. The molecule has 12 heteroatoms. The molecule has 186 valence electrons. The molecule has 5 heterocycles. The van der Waals surface area contributed by atoms with Gasteiger partial charge in [0.1, 0.15) is 11.7 Å². The highest BCUT2D eigenvalue weighted by molar-refractivity contribution is 6.30. The van der Waals surface area contributed by atoms with Gasteiger partial charge in [0.05, 0.1) is 30.6 Å². The van der Waals surface area contributed by atoms with E-state index in [0.29, 0.717) is 60.2 Å². The zero-order valence-electron chi connectivity index (χ0n) is 19.4. The van der Waals surface area contributed by atoms with E-state index >= 15 is 0 Å². The Bertz CT molecular complexity index is 1480. The largest absolute Gasteiger partial charge is 0.478 e. The van der Waals surface area contributed by atoms with Gasteiger partial charge >= 0.3 is 0 Å². The zero-order chi connectivity index (χ0) is 24.9. The summed E-state index contributed by atoms with van der Waals surface area (Å²) in [7, 11) is 0. The van der Waals surface area contributed by atoms with Crippen molar-refractivity contribution in [3.63, 3.8) is 0 Å². The highest BCUT2D eigenvalue weighted by Gasteiger charge is 2.36. The van der Waals surface area contributed by atoms with E-state index in [-0.39, 0.29) is 18.0 Å². The fraction of sp³-hybridized carbons (Fsp3) is 0.375. The minimum absolute atomic E-state index is 0.0789. The lowest BCUT2D eigenvalue weighted by Gasteiger charge is -2.38. The molecule has 3 aromatic heterocycles. The molecule has 6 rings (SSSR count). The van der Waals surface area contributed by atoms with Gasteiger partial charge in [0.15, 0.2) is 11.3 Å². The van der Waals surface area contributed by atoms with Crippen molar-refractivity contribution >= 4 is 28.5 Å². The number of carbonyl (C=O) groups excluding carboxylic acids is 1. The number of rotatable bonds is 4. The number of piperidine rings is 1. The van der Waals surface area contributed by atoms with Crippen LogP contribution in [0.15, 0.2) is 47.7 Å². The number of fused-ring (bicyclic) bond motifs is 2. The third kappa shape index (κ3) is 4.03. The van der Waals surface area contributed by atoms with Crippen molar-refractivity contribution in [3.8, 4) is 11.6 Å². The van der Waals surface area contributed by atoms with Crippen LogP contribution in [0, 0.1) is 0 Å². The summed E-state index contributed by atoms with van der Waals surface area (Å²) in [6, 6.07) is 8.75. The van der Waals surface area contributed by atoms with E-state index in [4.69, 9.17) is 16.3 Å². The van der Waals surface area contributed by atoms with Crippen LogP contribution >= 0.6 is 11.6 Å². The molecule has 0 saturated carbocycles. The molecule has 11 nitrogen and oxygen atoms in total. The Balaban J connectivity index is 1.16. The van der Waals surface area contributed by atoms with Gasteiger partial charge < -0.3 is 14.7 Å². The van der Waals surface area contributed by atoms with Gasteiger partial charge in [0.25, 0.3) is 11.5 Å². The standard InChI is InChI=1S/C24H24ClN7O4/c25-16-2-4-17(5-3-16)32-21-18(13-27-32)22(33)30(15-26-21)14-24(35)6-9-29(10-7-24)23(34)19-12-20-31(28-19)8-1-11-36-20/h2-5,12-13,15,35H,1,6-11,14H2. The summed E-state index contributed by atoms with van der Waals surface area (Å²) in [6.07, 6.45) is 4.44. The Morgan fingerprint density at radius 3 is 2.69 bits per heavy atom. The molecule has 1 aromatic carbocycles. The number of hydrogen-bond donors (Lipinski definition) is 1. The number of benzene rings is 1.